The van der Waals surface area contributed by atoms with Crippen molar-refractivity contribution in [3.8, 4) is 0 Å². The van der Waals surface area contributed by atoms with Crippen LogP contribution < -0.4 is 0 Å². The first-order valence-electron chi connectivity index (χ1n) is 6.16. The van der Waals surface area contributed by atoms with Gasteiger partial charge >= 0.3 is 0 Å². The summed E-state index contributed by atoms with van der Waals surface area (Å²) in [4.78, 5) is 0. The zero-order chi connectivity index (χ0) is 13.2. The van der Waals surface area contributed by atoms with E-state index in [-0.39, 0.29) is 5.92 Å². The van der Waals surface area contributed by atoms with E-state index in [0.29, 0.717) is 6.42 Å². The van der Waals surface area contributed by atoms with Crippen molar-refractivity contribution in [1.29, 1.82) is 0 Å². The Hall–Kier alpha value is -0.200. The molecule has 0 radical (unpaired) electrons. The van der Waals surface area contributed by atoms with Crippen LogP contribution in [0.3, 0.4) is 0 Å². The maximum Gasteiger partial charge on any atom is 0.114 e. The fourth-order valence-corrected chi connectivity index (χ4v) is 2.24. The average Bonchev–Trinajstić information content (AvgIpc) is 2.29. The van der Waals surface area contributed by atoms with Gasteiger partial charge in [-0.05, 0) is 12.3 Å². The van der Waals surface area contributed by atoms with Crippen LogP contribution in [-0.2, 0) is 9.47 Å². The van der Waals surface area contributed by atoms with E-state index in [9.17, 15) is 15.3 Å². The third kappa shape index (κ3) is 2.98. The summed E-state index contributed by atoms with van der Waals surface area (Å²) in [5.41, 5.74) is 0. The van der Waals surface area contributed by atoms with Crippen LogP contribution in [0.1, 0.15) is 27.2 Å². The molecule has 0 spiro atoms. The number of aliphatic hydroxyl groups excluding tert-OH is 3. The highest BCUT2D eigenvalue weighted by Crippen LogP contribution is 2.28. The molecule has 0 saturated carbocycles. The molecular formula is C12H24O5. The van der Waals surface area contributed by atoms with Crippen LogP contribution in [0, 0.1) is 5.92 Å². The minimum absolute atomic E-state index is 0.0279. The van der Waals surface area contributed by atoms with Gasteiger partial charge in [-0.1, -0.05) is 20.8 Å². The molecule has 0 aromatic carbocycles. The Morgan fingerprint density at radius 1 is 1.24 bits per heavy atom. The quantitative estimate of drug-likeness (QED) is 0.648. The molecule has 1 aliphatic rings. The lowest BCUT2D eigenvalue weighted by Crippen LogP contribution is -2.61. The van der Waals surface area contributed by atoms with E-state index in [0.717, 1.165) is 0 Å². The molecule has 6 atom stereocenters. The predicted octanol–water partition coefficient (Wildman–Crippen LogP) is -0.0825. The van der Waals surface area contributed by atoms with Crippen molar-refractivity contribution < 1.29 is 24.8 Å². The van der Waals surface area contributed by atoms with Gasteiger partial charge in [0.25, 0.3) is 0 Å². The molecular weight excluding hydrogens is 224 g/mol. The molecule has 0 amide bonds. The molecule has 5 heteroatoms. The fraction of sp³-hybridized carbons (Fsp3) is 1.00. The maximum absolute atomic E-state index is 10.1. The zero-order valence-electron chi connectivity index (χ0n) is 10.9. The van der Waals surface area contributed by atoms with Gasteiger partial charge in [-0.25, -0.2) is 0 Å². The number of ether oxygens (including phenoxy) is 2. The number of methoxy groups -OCH3 is 1. The van der Waals surface area contributed by atoms with E-state index >= 15 is 0 Å². The van der Waals surface area contributed by atoms with E-state index in [2.05, 4.69) is 0 Å². The summed E-state index contributed by atoms with van der Waals surface area (Å²) < 4.78 is 10.7. The molecule has 1 fully saturated rings. The van der Waals surface area contributed by atoms with Crippen LogP contribution in [0.5, 0.6) is 0 Å². The standard InChI is InChI=1S/C12H24O5/c1-5-7-9(14)11(16-4)10(15)12(17-7)8(13)6(2)3/h6-15H,5H2,1-4H3/t7?,8-,9-,10?,11?,12-/m0/s1. The Bertz CT molecular complexity index is 233. The van der Waals surface area contributed by atoms with Gasteiger partial charge in [-0.15, -0.1) is 0 Å². The summed E-state index contributed by atoms with van der Waals surface area (Å²) >= 11 is 0. The summed E-state index contributed by atoms with van der Waals surface area (Å²) in [5.74, 6) is -0.0279. The van der Waals surface area contributed by atoms with Gasteiger partial charge in [0.1, 0.15) is 24.4 Å². The van der Waals surface area contributed by atoms with E-state index in [1.54, 1.807) is 0 Å². The number of rotatable bonds is 4. The topological polar surface area (TPSA) is 79.2 Å². The molecule has 1 heterocycles. The molecule has 1 rings (SSSR count). The summed E-state index contributed by atoms with van der Waals surface area (Å²) in [5, 5.41) is 30.0. The smallest absolute Gasteiger partial charge is 0.114 e. The molecule has 102 valence electrons. The number of hydrogen-bond donors (Lipinski definition) is 3. The van der Waals surface area contributed by atoms with Gasteiger partial charge in [0.05, 0.1) is 12.2 Å². The molecule has 1 saturated heterocycles. The van der Waals surface area contributed by atoms with Crippen molar-refractivity contribution in [1.82, 2.24) is 0 Å². The fourth-order valence-electron chi connectivity index (χ4n) is 2.24. The second kappa shape index (κ2) is 6.11. The van der Waals surface area contributed by atoms with E-state index in [1.165, 1.54) is 7.11 Å². The van der Waals surface area contributed by atoms with Crippen molar-refractivity contribution in [3.63, 3.8) is 0 Å². The van der Waals surface area contributed by atoms with Gasteiger partial charge in [0.15, 0.2) is 0 Å². The summed E-state index contributed by atoms with van der Waals surface area (Å²) in [6.45, 7) is 5.60. The number of aliphatic hydroxyl groups is 3. The molecule has 0 bridgehead atoms. The third-order valence-corrected chi connectivity index (χ3v) is 3.42. The molecule has 5 nitrogen and oxygen atoms in total. The van der Waals surface area contributed by atoms with Gasteiger partial charge < -0.3 is 24.8 Å². The monoisotopic (exact) mass is 248 g/mol. The van der Waals surface area contributed by atoms with E-state index in [4.69, 9.17) is 9.47 Å². The molecule has 0 aromatic rings. The Kier molecular flexibility index (Phi) is 5.34. The van der Waals surface area contributed by atoms with Crippen LogP contribution in [0.2, 0.25) is 0 Å². The summed E-state index contributed by atoms with van der Waals surface area (Å²) in [6, 6.07) is 0. The van der Waals surface area contributed by atoms with Gasteiger partial charge in [-0.2, -0.15) is 0 Å². The third-order valence-electron chi connectivity index (χ3n) is 3.42. The first-order chi connectivity index (χ1) is 7.93. The second-order valence-corrected chi connectivity index (χ2v) is 4.96. The van der Waals surface area contributed by atoms with Crippen molar-refractivity contribution in [3.05, 3.63) is 0 Å². The SMILES string of the molecule is CCC1O[C@@H]([C@@H](O)C(C)C)C(O)C(OC)[C@H]1O. The lowest BCUT2D eigenvalue weighted by molar-refractivity contribution is -0.252. The molecule has 1 aliphatic heterocycles. The van der Waals surface area contributed by atoms with E-state index < -0.39 is 36.6 Å². The van der Waals surface area contributed by atoms with Crippen LogP contribution in [0.15, 0.2) is 0 Å². The Morgan fingerprint density at radius 3 is 2.24 bits per heavy atom. The van der Waals surface area contributed by atoms with Crippen molar-refractivity contribution in [2.75, 3.05) is 7.11 Å². The van der Waals surface area contributed by atoms with Crippen molar-refractivity contribution in [2.45, 2.75) is 63.8 Å². The highest BCUT2D eigenvalue weighted by atomic mass is 16.6. The van der Waals surface area contributed by atoms with Crippen LogP contribution in [0.4, 0.5) is 0 Å². The first-order valence-corrected chi connectivity index (χ1v) is 6.16. The first kappa shape index (κ1) is 14.9. The minimum atomic E-state index is -1.02. The Balaban J connectivity index is 2.84. The molecule has 17 heavy (non-hydrogen) atoms. The Morgan fingerprint density at radius 2 is 1.82 bits per heavy atom. The minimum Gasteiger partial charge on any atom is -0.390 e. The van der Waals surface area contributed by atoms with Crippen molar-refractivity contribution >= 4 is 0 Å². The van der Waals surface area contributed by atoms with Crippen LogP contribution in [-0.4, -0.2) is 59.1 Å². The summed E-state index contributed by atoms with van der Waals surface area (Å²) in [6.07, 6.45) is -3.90. The molecule has 0 aromatic heterocycles. The summed E-state index contributed by atoms with van der Waals surface area (Å²) in [7, 11) is 1.44. The van der Waals surface area contributed by atoms with Gasteiger partial charge in [0, 0.05) is 7.11 Å². The van der Waals surface area contributed by atoms with Crippen LogP contribution in [0.25, 0.3) is 0 Å². The molecule has 3 N–H and O–H groups in total. The lowest BCUT2D eigenvalue weighted by atomic mass is 9.88. The predicted molar refractivity (Wildman–Crippen MR) is 62.6 cm³/mol. The van der Waals surface area contributed by atoms with Crippen LogP contribution >= 0.6 is 0 Å². The normalized spacial score (nSPS) is 40.6. The van der Waals surface area contributed by atoms with E-state index in [1.807, 2.05) is 20.8 Å². The second-order valence-electron chi connectivity index (χ2n) is 4.96. The highest BCUT2D eigenvalue weighted by Gasteiger charge is 2.47. The lowest BCUT2D eigenvalue weighted by Gasteiger charge is -2.44. The number of hydrogen-bond acceptors (Lipinski definition) is 5. The van der Waals surface area contributed by atoms with Gasteiger partial charge in [-0.3, -0.25) is 0 Å². The maximum atomic E-state index is 10.1. The Labute approximate surface area is 102 Å². The van der Waals surface area contributed by atoms with Crippen molar-refractivity contribution in [2.24, 2.45) is 5.92 Å². The zero-order valence-corrected chi connectivity index (χ0v) is 10.9. The molecule has 0 aliphatic carbocycles. The largest absolute Gasteiger partial charge is 0.390 e. The highest BCUT2D eigenvalue weighted by molar-refractivity contribution is 4.95. The molecule has 3 unspecified atom stereocenters. The average molecular weight is 248 g/mol. The van der Waals surface area contributed by atoms with Gasteiger partial charge in [0.2, 0.25) is 0 Å².